The Hall–Kier alpha value is -0.0400. The van der Waals surface area contributed by atoms with Crippen LogP contribution in [0.5, 0.6) is 0 Å². The largest absolute Gasteiger partial charge is 0.316 e. The molecule has 0 aliphatic carbocycles. The molecule has 1 nitrogen and oxygen atoms in total. The Morgan fingerprint density at radius 1 is 1.00 bits per heavy atom. The smallest absolute Gasteiger partial charge is 0.000792 e. The van der Waals surface area contributed by atoms with E-state index in [9.17, 15) is 0 Å². The molecule has 0 aliphatic rings. The zero-order valence-electron chi connectivity index (χ0n) is 14.5. The molecule has 0 fully saturated rings. The zero-order valence-corrected chi connectivity index (χ0v) is 14.5. The van der Waals surface area contributed by atoms with Gasteiger partial charge in [-0.25, -0.2) is 0 Å². The Bertz CT molecular complexity index is 200. The van der Waals surface area contributed by atoms with E-state index in [1.54, 1.807) is 0 Å². The van der Waals surface area contributed by atoms with Crippen molar-refractivity contribution in [2.24, 2.45) is 17.3 Å². The quantitative estimate of drug-likeness (QED) is 0.483. The molecule has 0 saturated heterocycles. The van der Waals surface area contributed by atoms with Crippen molar-refractivity contribution in [1.29, 1.82) is 0 Å². The molecule has 0 aromatic heterocycles. The fourth-order valence-corrected chi connectivity index (χ4v) is 3.22. The monoisotopic (exact) mass is 269 g/mol. The first-order valence-electron chi connectivity index (χ1n) is 8.70. The van der Waals surface area contributed by atoms with Crippen LogP contribution in [0.1, 0.15) is 86.5 Å². The van der Waals surface area contributed by atoms with E-state index in [4.69, 9.17) is 0 Å². The molecular formula is C18H39N. The van der Waals surface area contributed by atoms with Gasteiger partial charge in [-0.1, -0.05) is 67.2 Å². The van der Waals surface area contributed by atoms with E-state index < -0.39 is 0 Å². The van der Waals surface area contributed by atoms with E-state index >= 15 is 0 Å². The second kappa shape index (κ2) is 10.7. The van der Waals surface area contributed by atoms with Gasteiger partial charge in [0.25, 0.3) is 0 Å². The zero-order chi connectivity index (χ0) is 14.7. The lowest BCUT2D eigenvalue weighted by Crippen LogP contribution is -2.37. The van der Waals surface area contributed by atoms with E-state index in [1.165, 1.54) is 51.5 Å². The van der Waals surface area contributed by atoms with Gasteiger partial charge in [0.05, 0.1) is 0 Å². The summed E-state index contributed by atoms with van der Waals surface area (Å²) < 4.78 is 0. The molecule has 2 atom stereocenters. The Balaban J connectivity index is 4.47. The summed E-state index contributed by atoms with van der Waals surface area (Å²) in [5.74, 6) is 1.64. The van der Waals surface area contributed by atoms with E-state index in [1.807, 2.05) is 0 Å². The molecule has 116 valence electrons. The lowest BCUT2D eigenvalue weighted by Gasteiger charge is -2.36. The topological polar surface area (TPSA) is 12.0 Å². The fraction of sp³-hybridized carbons (Fsp3) is 1.00. The molecule has 1 N–H and O–H groups in total. The van der Waals surface area contributed by atoms with Crippen molar-refractivity contribution in [3.8, 4) is 0 Å². The average Bonchev–Trinajstić information content (AvgIpc) is 2.35. The highest BCUT2D eigenvalue weighted by Gasteiger charge is 2.28. The van der Waals surface area contributed by atoms with Gasteiger partial charge in [0.2, 0.25) is 0 Å². The van der Waals surface area contributed by atoms with Crippen LogP contribution in [0, 0.1) is 17.3 Å². The van der Waals surface area contributed by atoms with Gasteiger partial charge >= 0.3 is 0 Å². The van der Waals surface area contributed by atoms with Gasteiger partial charge in [-0.3, -0.25) is 0 Å². The van der Waals surface area contributed by atoms with E-state index in [-0.39, 0.29) is 0 Å². The SMILES string of the molecule is CCCCC(CC)(CNCC(C)C)CC(C)CCC. The number of rotatable bonds is 12. The first kappa shape index (κ1) is 19.0. The predicted molar refractivity (Wildman–Crippen MR) is 88.6 cm³/mol. The summed E-state index contributed by atoms with van der Waals surface area (Å²) in [6.45, 7) is 16.4. The number of hydrogen-bond acceptors (Lipinski definition) is 1. The second-order valence-corrected chi connectivity index (χ2v) is 7.08. The lowest BCUT2D eigenvalue weighted by atomic mass is 9.73. The molecule has 0 rings (SSSR count). The summed E-state index contributed by atoms with van der Waals surface area (Å²) in [5, 5.41) is 3.73. The Kier molecular flexibility index (Phi) is 10.7. The molecule has 0 spiro atoms. The van der Waals surface area contributed by atoms with Crippen LogP contribution in [-0.2, 0) is 0 Å². The van der Waals surface area contributed by atoms with Crippen molar-refractivity contribution in [3.63, 3.8) is 0 Å². The molecule has 0 radical (unpaired) electrons. The summed E-state index contributed by atoms with van der Waals surface area (Å²) in [4.78, 5) is 0. The summed E-state index contributed by atoms with van der Waals surface area (Å²) in [7, 11) is 0. The van der Waals surface area contributed by atoms with Gasteiger partial charge in [-0.2, -0.15) is 0 Å². The van der Waals surface area contributed by atoms with Crippen molar-refractivity contribution in [1.82, 2.24) is 5.32 Å². The van der Waals surface area contributed by atoms with Gasteiger partial charge in [0.15, 0.2) is 0 Å². The Morgan fingerprint density at radius 3 is 2.16 bits per heavy atom. The van der Waals surface area contributed by atoms with Crippen molar-refractivity contribution in [2.45, 2.75) is 86.5 Å². The summed E-state index contributed by atoms with van der Waals surface area (Å²) in [6.07, 6.45) is 9.56. The molecule has 0 aromatic carbocycles. The minimum atomic E-state index is 0.541. The van der Waals surface area contributed by atoms with Gasteiger partial charge in [-0.15, -0.1) is 0 Å². The van der Waals surface area contributed by atoms with Gasteiger partial charge in [0, 0.05) is 6.54 Å². The molecule has 0 amide bonds. The van der Waals surface area contributed by atoms with Crippen molar-refractivity contribution in [3.05, 3.63) is 0 Å². The van der Waals surface area contributed by atoms with Crippen LogP contribution in [0.3, 0.4) is 0 Å². The molecule has 2 unspecified atom stereocenters. The van der Waals surface area contributed by atoms with E-state index in [0.29, 0.717) is 5.41 Å². The summed E-state index contributed by atoms with van der Waals surface area (Å²) >= 11 is 0. The van der Waals surface area contributed by atoms with E-state index in [0.717, 1.165) is 18.4 Å². The molecule has 1 heteroatoms. The van der Waals surface area contributed by atoms with Crippen LogP contribution < -0.4 is 5.32 Å². The summed E-state index contributed by atoms with van der Waals surface area (Å²) in [5.41, 5.74) is 0.541. The Labute approximate surface area is 122 Å². The van der Waals surface area contributed by atoms with Crippen LogP contribution in [0.15, 0.2) is 0 Å². The third-order valence-electron chi connectivity index (χ3n) is 4.43. The first-order chi connectivity index (χ1) is 8.99. The fourth-order valence-electron chi connectivity index (χ4n) is 3.22. The first-order valence-corrected chi connectivity index (χ1v) is 8.70. The van der Waals surface area contributed by atoms with E-state index in [2.05, 4.69) is 46.9 Å². The normalized spacial score (nSPS) is 16.6. The highest BCUT2D eigenvalue weighted by Crippen LogP contribution is 2.36. The highest BCUT2D eigenvalue weighted by atomic mass is 14.9. The van der Waals surface area contributed by atoms with Crippen molar-refractivity contribution >= 4 is 0 Å². The summed E-state index contributed by atoms with van der Waals surface area (Å²) in [6, 6.07) is 0. The molecule has 0 saturated carbocycles. The van der Waals surface area contributed by atoms with Gasteiger partial charge in [0.1, 0.15) is 0 Å². The number of nitrogens with one attached hydrogen (secondary N) is 1. The van der Waals surface area contributed by atoms with Gasteiger partial charge < -0.3 is 5.32 Å². The molecular weight excluding hydrogens is 230 g/mol. The Morgan fingerprint density at radius 2 is 1.68 bits per heavy atom. The van der Waals surface area contributed by atoms with Crippen molar-refractivity contribution < 1.29 is 0 Å². The third-order valence-corrected chi connectivity index (χ3v) is 4.43. The molecule has 0 aliphatic heterocycles. The molecule has 0 aromatic rings. The maximum Gasteiger partial charge on any atom is 0.000792 e. The standard InChI is InChI=1S/C18H39N/c1-7-10-12-18(9-3,13-17(6)11-8-2)15-19-14-16(4)5/h16-17,19H,7-15H2,1-6H3. The van der Waals surface area contributed by atoms with Gasteiger partial charge in [-0.05, 0) is 43.1 Å². The van der Waals surface area contributed by atoms with Crippen LogP contribution in [-0.4, -0.2) is 13.1 Å². The number of hydrogen-bond donors (Lipinski definition) is 1. The second-order valence-electron chi connectivity index (χ2n) is 7.08. The maximum atomic E-state index is 3.73. The third kappa shape index (κ3) is 8.68. The maximum absolute atomic E-state index is 3.73. The molecule has 0 heterocycles. The number of unbranched alkanes of at least 4 members (excludes halogenated alkanes) is 1. The van der Waals surface area contributed by atoms with Crippen LogP contribution in [0.2, 0.25) is 0 Å². The minimum Gasteiger partial charge on any atom is -0.316 e. The van der Waals surface area contributed by atoms with Crippen LogP contribution in [0.25, 0.3) is 0 Å². The van der Waals surface area contributed by atoms with Crippen LogP contribution >= 0.6 is 0 Å². The van der Waals surface area contributed by atoms with Crippen LogP contribution in [0.4, 0.5) is 0 Å². The molecule has 19 heavy (non-hydrogen) atoms. The highest BCUT2D eigenvalue weighted by molar-refractivity contribution is 4.82. The van der Waals surface area contributed by atoms with Crippen molar-refractivity contribution in [2.75, 3.05) is 13.1 Å². The minimum absolute atomic E-state index is 0.541. The lowest BCUT2D eigenvalue weighted by molar-refractivity contribution is 0.173. The predicted octanol–water partition coefficient (Wildman–Crippen LogP) is 5.64. The average molecular weight is 270 g/mol. The molecule has 0 bridgehead atoms.